The standard InChI is InChI=1S/C8H17N/c1-3-5-8-7-9(8)6-4-2/h8H,3-7H2,1-2H3. The molecule has 0 amide bonds. The van der Waals surface area contributed by atoms with E-state index in [1.54, 1.807) is 0 Å². The predicted octanol–water partition coefficient (Wildman–Crippen LogP) is 1.88. The Hall–Kier alpha value is -0.0400. The van der Waals surface area contributed by atoms with E-state index in [9.17, 15) is 0 Å². The van der Waals surface area contributed by atoms with Crippen molar-refractivity contribution in [3.05, 3.63) is 0 Å². The topological polar surface area (TPSA) is 3.01 Å². The maximum absolute atomic E-state index is 2.56. The molecule has 0 bridgehead atoms. The van der Waals surface area contributed by atoms with Crippen LogP contribution < -0.4 is 0 Å². The van der Waals surface area contributed by atoms with Crippen molar-refractivity contribution < 1.29 is 0 Å². The SMILES string of the molecule is CCCC1CN1CCC. The van der Waals surface area contributed by atoms with Gasteiger partial charge in [-0.2, -0.15) is 0 Å². The number of hydrogen-bond acceptors (Lipinski definition) is 1. The minimum Gasteiger partial charge on any atom is -0.298 e. The summed E-state index contributed by atoms with van der Waals surface area (Å²) in [6.07, 6.45) is 4.09. The molecule has 1 nitrogen and oxygen atoms in total. The number of hydrogen-bond donors (Lipinski definition) is 0. The fourth-order valence-corrected chi connectivity index (χ4v) is 1.39. The fourth-order valence-electron chi connectivity index (χ4n) is 1.39. The van der Waals surface area contributed by atoms with E-state index < -0.39 is 0 Å². The third-order valence-electron chi connectivity index (χ3n) is 1.96. The van der Waals surface area contributed by atoms with Crippen molar-refractivity contribution in [2.24, 2.45) is 0 Å². The second kappa shape index (κ2) is 3.21. The van der Waals surface area contributed by atoms with Gasteiger partial charge in [-0.3, -0.25) is 4.90 Å². The van der Waals surface area contributed by atoms with Gasteiger partial charge in [-0.05, 0) is 19.4 Å². The molecule has 0 aromatic heterocycles. The van der Waals surface area contributed by atoms with Crippen LogP contribution in [0.3, 0.4) is 0 Å². The third-order valence-corrected chi connectivity index (χ3v) is 1.96. The first-order chi connectivity index (χ1) is 4.38. The van der Waals surface area contributed by atoms with Crippen LogP contribution in [-0.2, 0) is 0 Å². The molecular weight excluding hydrogens is 110 g/mol. The van der Waals surface area contributed by atoms with E-state index in [2.05, 4.69) is 18.7 Å². The molecule has 1 rings (SSSR count). The van der Waals surface area contributed by atoms with E-state index in [-0.39, 0.29) is 0 Å². The number of nitrogens with zero attached hydrogens (tertiary/aromatic N) is 1. The maximum Gasteiger partial charge on any atom is 0.0223 e. The molecule has 1 heterocycles. The largest absolute Gasteiger partial charge is 0.298 e. The lowest BCUT2D eigenvalue weighted by atomic mass is 10.3. The second-order valence-electron chi connectivity index (χ2n) is 2.94. The van der Waals surface area contributed by atoms with Gasteiger partial charge in [0.15, 0.2) is 0 Å². The molecule has 0 aromatic carbocycles. The first-order valence-electron chi connectivity index (χ1n) is 4.12. The summed E-state index contributed by atoms with van der Waals surface area (Å²) in [7, 11) is 0. The molecule has 1 heteroatoms. The van der Waals surface area contributed by atoms with E-state index in [4.69, 9.17) is 0 Å². The molecule has 1 saturated heterocycles. The molecule has 0 aromatic rings. The predicted molar refractivity (Wildman–Crippen MR) is 40.6 cm³/mol. The molecule has 0 N–H and O–H groups in total. The average molecular weight is 127 g/mol. The highest BCUT2D eigenvalue weighted by atomic mass is 15.3. The zero-order chi connectivity index (χ0) is 6.69. The summed E-state index contributed by atoms with van der Waals surface area (Å²) in [5.74, 6) is 0. The lowest BCUT2D eigenvalue weighted by Crippen LogP contribution is -2.01. The summed E-state index contributed by atoms with van der Waals surface area (Å²) >= 11 is 0. The van der Waals surface area contributed by atoms with Crippen LogP contribution in [0.5, 0.6) is 0 Å². The molecule has 0 aliphatic carbocycles. The van der Waals surface area contributed by atoms with Crippen molar-refractivity contribution in [2.75, 3.05) is 13.1 Å². The summed E-state index contributed by atoms with van der Waals surface area (Å²) in [6.45, 7) is 7.22. The van der Waals surface area contributed by atoms with E-state index in [1.165, 1.54) is 32.4 Å². The minimum atomic E-state index is 0.968. The summed E-state index contributed by atoms with van der Waals surface area (Å²) in [5.41, 5.74) is 0. The molecule has 54 valence electrons. The van der Waals surface area contributed by atoms with Crippen molar-refractivity contribution in [1.82, 2.24) is 4.90 Å². The van der Waals surface area contributed by atoms with Gasteiger partial charge >= 0.3 is 0 Å². The van der Waals surface area contributed by atoms with Crippen LogP contribution in [0.1, 0.15) is 33.1 Å². The maximum atomic E-state index is 2.56. The Kier molecular flexibility index (Phi) is 2.52. The van der Waals surface area contributed by atoms with Gasteiger partial charge in [0.05, 0.1) is 0 Å². The monoisotopic (exact) mass is 127 g/mol. The van der Waals surface area contributed by atoms with Gasteiger partial charge in [0.25, 0.3) is 0 Å². The van der Waals surface area contributed by atoms with Crippen LogP contribution in [0.2, 0.25) is 0 Å². The number of rotatable bonds is 4. The Bertz CT molecular complexity index is 70.6. The zero-order valence-corrected chi connectivity index (χ0v) is 6.56. The highest BCUT2D eigenvalue weighted by Gasteiger charge is 2.30. The summed E-state index contributed by atoms with van der Waals surface area (Å²) < 4.78 is 0. The first kappa shape index (κ1) is 7.07. The van der Waals surface area contributed by atoms with Gasteiger partial charge in [-0.25, -0.2) is 0 Å². The third kappa shape index (κ3) is 1.98. The van der Waals surface area contributed by atoms with Crippen molar-refractivity contribution in [2.45, 2.75) is 39.2 Å². The van der Waals surface area contributed by atoms with Crippen molar-refractivity contribution in [3.8, 4) is 0 Å². The van der Waals surface area contributed by atoms with Gasteiger partial charge in [-0.1, -0.05) is 20.3 Å². The van der Waals surface area contributed by atoms with Crippen LogP contribution in [0.25, 0.3) is 0 Å². The first-order valence-corrected chi connectivity index (χ1v) is 4.12. The molecular formula is C8H17N. The molecule has 0 radical (unpaired) electrons. The highest BCUT2D eigenvalue weighted by molar-refractivity contribution is 4.87. The molecule has 9 heavy (non-hydrogen) atoms. The fraction of sp³-hybridized carbons (Fsp3) is 1.00. The van der Waals surface area contributed by atoms with Crippen LogP contribution >= 0.6 is 0 Å². The van der Waals surface area contributed by atoms with Gasteiger partial charge in [0.1, 0.15) is 0 Å². The van der Waals surface area contributed by atoms with Gasteiger partial charge in [-0.15, -0.1) is 0 Å². The van der Waals surface area contributed by atoms with Crippen LogP contribution in [-0.4, -0.2) is 24.0 Å². The Morgan fingerprint density at radius 1 is 1.33 bits per heavy atom. The molecule has 2 atom stereocenters. The average Bonchev–Trinajstić information content (AvgIpc) is 2.50. The van der Waals surface area contributed by atoms with Gasteiger partial charge < -0.3 is 0 Å². The summed E-state index contributed by atoms with van der Waals surface area (Å²) in [6, 6.07) is 0.968. The van der Waals surface area contributed by atoms with E-state index in [0.29, 0.717) is 0 Å². The molecule has 0 spiro atoms. The van der Waals surface area contributed by atoms with Gasteiger partial charge in [0.2, 0.25) is 0 Å². The Balaban J connectivity index is 1.96. The lowest BCUT2D eigenvalue weighted by molar-refractivity contribution is 0.486. The molecule has 1 aliphatic heterocycles. The second-order valence-corrected chi connectivity index (χ2v) is 2.94. The smallest absolute Gasteiger partial charge is 0.0223 e. The Morgan fingerprint density at radius 3 is 2.67 bits per heavy atom. The zero-order valence-electron chi connectivity index (χ0n) is 6.56. The molecule has 1 aliphatic rings. The Labute approximate surface area is 58.0 Å². The summed E-state index contributed by atoms with van der Waals surface area (Å²) in [4.78, 5) is 2.56. The molecule has 2 unspecified atom stereocenters. The van der Waals surface area contributed by atoms with Crippen molar-refractivity contribution in [1.29, 1.82) is 0 Å². The normalized spacial score (nSPS) is 32.7. The van der Waals surface area contributed by atoms with E-state index in [1.807, 2.05) is 0 Å². The van der Waals surface area contributed by atoms with E-state index >= 15 is 0 Å². The Morgan fingerprint density at radius 2 is 2.11 bits per heavy atom. The van der Waals surface area contributed by atoms with E-state index in [0.717, 1.165) is 6.04 Å². The molecule has 0 saturated carbocycles. The van der Waals surface area contributed by atoms with Crippen LogP contribution in [0.15, 0.2) is 0 Å². The molecule has 1 fully saturated rings. The van der Waals surface area contributed by atoms with Gasteiger partial charge in [0, 0.05) is 12.6 Å². The van der Waals surface area contributed by atoms with Crippen LogP contribution in [0.4, 0.5) is 0 Å². The lowest BCUT2D eigenvalue weighted by Gasteiger charge is -1.97. The van der Waals surface area contributed by atoms with Crippen molar-refractivity contribution in [3.63, 3.8) is 0 Å². The summed E-state index contributed by atoms with van der Waals surface area (Å²) in [5, 5.41) is 0. The van der Waals surface area contributed by atoms with Crippen LogP contribution in [0, 0.1) is 0 Å². The highest BCUT2D eigenvalue weighted by Crippen LogP contribution is 2.21. The minimum absolute atomic E-state index is 0.968. The quantitative estimate of drug-likeness (QED) is 0.521. The van der Waals surface area contributed by atoms with Crippen molar-refractivity contribution >= 4 is 0 Å².